The summed E-state index contributed by atoms with van der Waals surface area (Å²) in [6.45, 7) is 7.69. The molecule has 2 aromatic heterocycles. The molecule has 4 aromatic rings. The van der Waals surface area contributed by atoms with Crippen molar-refractivity contribution < 1.29 is 9.18 Å². The standard InChI is InChI=1S/C26H25FN2O2S/c1-5-23-28-25-24(20(14-32-25)18-8-6-17(7-9-18)15(2)3)26(31)29(23)13-22(30)19-10-11-21(27)16(4)12-19/h6-12,14-15H,5,13H2,1-4H3. The Labute approximate surface area is 190 Å². The molecule has 0 bridgehead atoms. The van der Waals surface area contributed by atoms with Crippen molar-refractivity contribution >= 4 is 27.3 Å². The number of aryl methyl sites for hydroxylation is 2. The van der Waals surface area contributed by atoms with Gasteiger partial charge in [0.25, 0.3) is 5.56 Å². The number of hydrogen-bond donors (Lipinski definition) is 0. The molecule has 0 radical (unpaired) electrons. The molecule has 0 saturated heterocycles. The van der Waals surface area contributed by atoms with Gasteiger partial charge in [-0.2, -0.15) is 0 Å². The number of aromatic nitrogens is 2. The summed E-state index contributed by atoms with van der Waals surface area (Å²) in [5.74, 6) is 0.389. The van der Waals surface area contributed by atoms with Gasteiger partial charge in [0.05, 0.1) is 11.9 Å². The molecule has 0 atom stereocenters. The highest BCUT2D eigenvalue weighted by Crippen LogP contribution is 2.32. The van der Waals surface area contributed by atoms with Crippen LogP contribution in [0, 0.1) is 12.7 Å². The molecule has 0 aliphatic rings. The highest BCUT2D eigenvalue weighted by atomic mass is 32.1. The normalized spacial score (nSPS) is 11.4. The molecule has 4 rings (SSSR count). The lowest BCUT2D eigenvalue weighted by molar-refractivity contribution is 0.0969. The largest absolute Gasteiger partial charge is 0.292 e. The van der Waals surface area contributed by atoms with Crippen molar-refractivity contribution in [2.75, 3.05) is 0 Å². The Morgan fingerprint density at radius 3 is 2.50 bits per heavy atom. The van der Waals surface area contributed by atoms with Crippen molar-refractivity contribution in [1.82, 2.24) is 9.55 Å². The summed E-state index contributed by atoms with van der Waals surface area (Å²) in [6, 6.07) is 12.5. The lowest BCUT2D eigenvalue weighted by atomic mass is 9.99. The lowest BCUT2D eigenvalue weighted by Crippen LogP contribution is -2.28. The van der Waals surface area contributed by atoms with E-state index in [1.165, 1.54) is 39.7 Å². The predicted molar refractivity (Wildman–Crippen MR) is 128 cm³/mol. The first-order valence-electron chi connectivity index (χ1n) is 10.7. The molecule has 2 heterocycles. The first-order valence-corrected chi connectivity index (χ1v) is 11.6. The minimum Gasteiger partial charge on any atom is -0.292 e. The number of carbonyl (C=O) groups is 1. The van der Waals surface area contributed by atoms with Crippen molar-refractivity contribution in [3.05, 3.63) is 86.5 Å². The summed E-state index contributed by atoms with van der Waals surface area (Å²) < 4.78 is 15.1. The van der Waals surface area contributed by atoms with Gasteiger partial charge in [-0.1, -0.05) is 45.0 Å². The van der Waals surface area contributed by atoms with E-state index in [-0.39, 0.29) is 23.7 Å². The molecule has 0 fully saturated rings. The minimum absolute atomic E-state index is 0.127. The number of thiophene rings is 1. The van der Waals surface area contributed by atoms with Crippen molar-refractivity contribution in [2.24, 2.45) is 0 Å². The van der Waals surface area contributed by atoms with Gasteiger partial charge in [0.2, 0.25) is 0 Å². The van der Waals surface area contributed by atoms with Crippen LogP contribution in [0.2, 0.25) is 0 Å². The summed E-state index contributed by atoms with van der Waals surface area (Å²) in [7, 11) is 0. The first-order chi connectivity index (χ1) is 15.3. The third kappa shape index (κ3) is 4.02. The molecule has 0 unspecified atom stereocenters. The monoisotopic (exact) mass is 448 g/mol. The van der Waals surface area contributed by atoms with Gasteiger partial charge in [0.1, 0.15) is 16.5 Å². The van der Waals surface area contributed by atoms with Crippen molar-refractivity contribution in [3.63, 3.8) is 0 Å². The van der Waals surface area contributed by atoms with E-state index < -0.39 is 0 Å². The van der Waals surface area contributed by atoms with Gasteiger partial charge < -0.3 is 0 Å². The first kappa shape index (κ1) is 22.1. The minimum atomic E-state index is -0.359. The average Bonchev–Trinajstić information content (AvgIpc) is 3.21. The Hall–Kier alpha value is -3.12. The SMILES string of the molecule is CCc1nc2scc(-c3ccc(C(C)C)cc3)c2c(=O)n1CC(=O)c1ccc(F)c(C)c1. The Morgan fingerprint density at radius 1 is 1.16 bits per heavy atom. The van der Waals surface area contributed by atoms with Crippen LogP contribution in [-0.2, 0) is 13.0 Å². The van der Waals surface area contributed by atoms with E-state index in [2.05, 4.69) is 26.0 Å². The summed E-state index contributed by atoms with van der Waals surface area (Å²) in [5, 5.41) is 2.49. The van der Waals surface area contributed by atoms with Crippen LogP contribution in [0.15, 0.2) is 52.6 Å². The van der Waals surface area contributed by atoms with Crippen molar-refractivity contribution in [2.45, 2.75) is 46.6 Å². The van der Waals surface area contributed by atoms with Gasteiger partial charge in [0, 0.05) is 22.9 Å². The van der Waals surface area contributed by atoms with E-state index in [9.17, 15) is 14.0 Å². The van der Waals surface area contributed by atoms with Crippen LogP contribution in [0.25, 0.3) is 21.3 Å². The lowest BCUT2D eigenvalue weighted by Gasteiger charge is -2.12. The number of fused-ring (bicyclic) bond motifs is 1. The van der Waals surface area contributed by atoms with Gasteiger partial charge in [0.15, 0.2) is 5.78 Å². The third-order valence-corrected chi connectivity index (χ3v) is 6.63. The molecule has 164 valence electrons. The fourth-order valence-electron chi connectivity index (χ4n) is 3.81. The van der Waals surface area contributed by atoms with Crippen molar-refractivity contribution in [3.8, 4) is 11.1 Å². The highest BCUT2D eigenvalue weighted by molar-refractivity contribution is 7.17. The number of ketones is 1. The van der Waals surface area contributed by atoms with Crippen molar-refractivity contribution in [1.29, 1.82) is 0 Å². The Kier molecular flexibility index (Phi) is 6.07. The second-order valence-electron chi connectivity index (χ2n) is 8.27. The predicted octanol–water partition coefficient (Wildman–Crippen LogP) is 6.14. The number of carbonyl (C=O) groups excluding carboxylic acids is 1. The van der Waals surface area contributed by atoms with Crippen LogP contribution in [0.3, 0.4) is 0 Å². The maximum Gasteiger partial charge on any atom is 0.263 e. The quantitative estimate of drug-likeness (QED) is 0.333. The topological polar surface area (TPSA) is 52.0 Å². The van der Waals surface area contributed by atoms with Gasteiger partial charge >= 0.3 is 0 Å². The van der Waals surface area contributed by atoms with Crippen LogP contribution < -0.4 is 5.56 Å². The van der Waals surface area contributed by atoms with Gasteiger partial charge in [-0.05, 0) is 47.7 Å². The summed E-state index contributed by atoms with van der Waals surface area (Å²) in [5.41, 5.74) is 3.58. The number of rotatable bonds is 6. The Bertz CT molecular complexity index is 1370. The van der Waals surface area contributed by atoms with E-state index in [0.717, 1.165) is 11.1 Å². The van der Waals surface area contributed by atoms with Gasteiger partial charge in [-0.3, -0.25) is 14.2 Å². The second-order valence-corrected chi connectivity index (χ2v) is 9.12. The molecule has 4 nitrogen and oxygen atoms in total. The van der Waals surface area contributed by atoms with E-state index in [4.69, 9.17) is 4.98 Å². The van der Waals surface area contributed by atoms with Gasteiger partial charge in [-0.25, -0.2) is 9.37 Å². The second kappa shape index (κ2) is 8.79. The number of Topliss-reactive ketones (excluding diaryl/α,β-unsaturated/α-hetero) is 1. The van der Waals surface area contributed by atoms with E-state index >= 15 is 0 Å². The number of nitrogens with zero attached hydrogens (tertiary/aromatic N) is 2. The summed E-state index contributed by atoms with van der Waals surface area (Å²) in [6.07, 6.45) is 0.525. The van der Waals surface area contributed by atoms with E-state index in [1.54, 1.807) is 6.92 Å². The molecule has 0 spiro atoms. The maximum atomic E-state index is 13.6. The zero-order valence-electron chi connectivity index (χ0n) is 18.6. The van der Waals surface area contributed by atoms with Crippen LogP contribution in [0.1, 0.15) is 54.0 Å². The molecule has 0 N–H and O–H groups in total. The molecule has 0 aliphatic carbocycles. The molecular formula is C26H25FN2O2S. The molecule has 2 aromatic carbocycles. The number of halogens is 1. The Morgan fingerprint density at radius 2 is 1.88 bits per heavy atom. The van der Waals surface area contributed by atoms with E-state index in [1.807, 2.05) is 24.4 Å². The zero-order valence-corrected chi connectivity index (χ0v) is 19.4. The van der Waals surface area contributed by atoms with Crippen LogP contribution >= 0.6 is 11.3 Å². The molecule has 0 amide bonds. The van der Waals surface area contributed by atoms with Crippen LogP contribution in [0.4, 0.5) is 4.39 Å². The molecular weight excluding hydrogens is 423 g/mol. The smallest absolute Gasteiger partial charge is 0.263 e. The summed E-state index contributed by atoms with van der Waals surface area (Å²) >= 11 is 1.44. The molecule has 0 saturated carbocycles. The number of benzene rings is 2. The average molecular weight is 449 g/mol. The fraction of sp³-hybridized carbons (Fsp3) is 0.269. The Balaban J connectivity index is 1.79. The zero-order chi connectivity index (χ0) is 23.0. The van der Waals surface area contributed by atoms with Gasteiger partial charge in [-0.15, -0.1) is 11.3 Å². The highest BCUT2D eigenvalue weighted by Gasteiger charge is 2.19. The van der Waals surface area contributed by atoms with E-state index in [0.29, 0.717) is 39.5 Å². The molecule has 32 heavy (non-hydrogen) atoms. The number of hydrogen-bond acceptors (Lipinski definition) is 4. The maximum absolute atomic E-state index is 13.6. The summed E-state index contributed by atoms with van der Waals surface area (Å²) in [4.78, 5) is 31.8. The fourth-order valence-corrected chi connectivity index (χ4v) is 4.77. The van der Waals surface area contributed by atoms with Crippen LogP contribution in [0.5, 0.6) is 0 Å². The van der Waals surface area contributed by atoms with Crippen LogP contribution in [-0.4, -0.2) is 15.3 Å². The molecule has 0 aliphatic heterocycles. The molecule has 6 heteroatoms. The third-order valence-electron chi connectivity index (χ3n) is 5.76.